The lowest BCUT2D eigenvalue weighted by atomic mass is 10.1. The molecule has 1 aliphatic rings. The summed E-state index contributed by atoms with van der Waals surface area (Å²) >= 11 is 0. The fraction of sp³-hybridized carbons (Fsp3) is 0.429. The lowest BCUT2D eigenvalue weighted by Gasteiger charge is -2.16. The smallest absolute Gasteiger partial charge is 0.240 e. The lowest BCUT2D eigenvalue weighted by molar-refractivity contribution is -0.122. The van der Waals surface area contributed by atoms with Crippen LogP contribution in [0.25, 0.3) is 0 Å². The van der Waals surface area contributed by atoms with Crippen molar-refractivity contribution in [2.24, 2.45) is 0 Å². The first kappa shape index (κ1) is 18.2. The van der Waals surface area contributed by atoms with Gasteiger partial charge in [0, 0.05) is 17.8 Å². The molecule has 5 heteroatoms. The second-order valence-electron chi connectivity index (χ2n) is 7.04. The van der Waals surface area contributed by atoms with E-state index in [1.807, 2.05) is 38.1 Å². The van der Waals surface area contributed by atoms with E-state index in [1.165, 1.54) is 18.9 Å². The summed E-state index contributed by atoms with van der Waals surface area (Å²) in [5.41, 5.74) is 2.75. The van der Waals surface area contributed by atoms with E-state index >= 15 is 0 Å². The number of rotatable bonds is 6. The second-order valence-corrected chi connectivity index (χ2v) is 7.04. The summed E-state index contributed by atoms with van der Waals surface area (Å²) in [6.45, 7) is 4.37. The molecule has 1 aromatic carbocycles. The zero-order valence-electron chi connectivity index (χ0n) is 15.5. The Morgan fingerprint density at radius 1 is 1.23 bits per heavy atom. The fourth-order valence-corrected chi connectivity index (χ4v) is 3.36. The Morgan fingerprint density at radius 3 is 2.69 bits per heavy atom. The molecule has 0 saturated heterocycles. The summed E-state index contributed by atoms with van der Waals surface area (Å²) in [4.78, 5) is 24.5. The maximum absolute atomic E-state index is 12.3. The van der Waals surface area contributed by atoms with Crippen LogP contribution in [0.4, 0.5) is 0 Å². The standard InChI is InChI=1S/C21H26N2O3/c1-15-7-3-4-8-17(15)14-26-20-12-23(16(2)11-19(20)24)13-21(25)22-18-9-5-6-10-18/h3-4,7-8,11-12,18H,5-6,9-10,13-14H2,1-2H3,(H,22,25). The van der Waals surface area contributed by atoms with E-state index < -0.39 is 0 Å². The molecule has 1 N–H and O–H groups in total. The lowest BCUT2D eigenvalue weighted by Crippen LogP contribution is -2.35. The molecule has 1 aromatic heterocycles. The van der Waals surface area contributed by atoms with Crippen LogP contribution in [-0.4, -0.2) is 16.5 Å². The first-order valence-corrected chi connectivity index (χ1v) is 9.20. The first-order valence-electron chi connectivity index (χ1n) is 9.20. The molecule has 1 saturated carbocycles. The molecular weight excluding hydrogens is 328 g/mol. The Hall–Kier alpha value is -2.56. The van der Waals surface area contributed by atoms with E-state index in [4.69, 9.17) is 4.74 Å². The predicted molar refractivity (Wildman–Crippen MR) is 101 cm³/mol. The second kappa shape index (κ2) is 8.21. The molecule has 1 fully saturated rings. The van der Waals surface area contributed by atoms with Gasteiger partial charge in [-0.2, -0.15) is 0 Å². The fourth-order valence-electron chi connectivity index (χ4n) is 3.36. The number of carbonyl (C=O) groups is 1. The number of hydrogen-bond acceptors (Lipinski definition) is 3. The van der Waals surface area contributed by atoms with E-state index in [1.54, 1.807) is 10.8 Å². The van der Waals surface area contributed by atoms with Gasteiger partial charge in [0.15, 0.2) is 5.75 Å². The quantitative estimate of drug-likeness (QED) is 0.867. The van der Waals surface area contributed by atoms with Crippen LogP contribution in [0.5, 0.6) is 5.75 Å². The third-order valence-electron chi connectivity index (χ3n) is 4.99. The van der Waals surface area contributed by atoms with Gasteiger partial charge in [-0.05, 0) is 37.8 Å². The van der Waals surface area contributed by atoms with Crippen LogP contribution >= 0.6 is 0 Å². The molecule has 0 aliphatic heterocycles. The van der Waals surface area contributed by atoms with Gasteiger partial charge >= 0.3 is 0 Å². The average molecular weight is 354 g/mol. The maximum atomic E-state index is 12.3. The minimum atomic E-state index is -0.163. The van der Waals surface area contributed by atoms with Crippen LogP contribution in [-0.2, 0) is 17.9 Å². The van der Waals surface area contributed by atoms with Crippen molar-refractivity contribution in [2.75, 3.05) is 0 Å². The Kier molecular flexibility index (Phi) is 5.76. The summed E-state index contributed by atoms with van der Waals surface area (Å²) in [7, 11) is 0. The molecule has 3 rings (SSSR count). The van der Waals surface area contributed by atoms with Crippen LogP contribution in [0.2, 0.25) is 0 Å². The molecule has 1 aliphatic carbocycles. The number of aryl methyl sites for hydroxylation is 2. The van der Waals surface area contributed by atoms with Crippen LogP contribution in [0.1, 0.15) is 42.5 Å². The van der Waals surface area contributed by atoms with Crippen LogP contribution in [0.3, 0.4) is 0 Å². The van der Waals surface area contributed by atoms with Gasteiger partial charge in [-0.15, -0.1) is 0 Å². The van der Waals surface area contributed by atoms with Gasteiger partial charge in [0.1, 0.15) is 13.2 Å². The molecule has 26 heavy (non-hydrogen) atoms. The summed E-state index contributed by atoms with van der Waals surface area (Å²) < 4.78 is 7.53. The van der Waals surface area contributed by atoms with Gasteiger partial charge in [0.05, 0.1) is 6.20 Å². The van der Waals surface area contributed by atoms with Crippen molar-refractivity contribution < 1.29 is 9.53 Å². The number of benzene rings is 1. The minimum Gasteiger partial charge on any atom is -0.483 e. The van der Waals surface area contributed by atoms with Crippen molar-refractivity contribution in [1.82, 2.24) is 9.88 Å². The van der Waals surface area contributed by atoms with Gasteiger partial charge in [-0.25, -0.2) is 0 Å². The minimum absolute atomic E-state index is 0.0199. The van der Waals surface area contributed by atoms with Crippen molar-refractivity contribution in [3.05, 3.63) is 63.6 Å². The largest absolute Gasteiger partial charge is 0.483 e. The van der Waals surface area contributed by atoms with Gasteiger partial charge in [-0.1, -0.05) is 37.1 Å². The van der Waals surface area contributed by atoms with Gasteiger partial charge in [0.2, 0.25) is 11.3 Å². The van der Waals surface area contributed by atoms with Crippen LogP contribution in [0, 0.1) is 13.8 Å². The number of amides is 1. The number of carbonyl (C=O) groups excluding carboxylic acids is 1. The van der Waals surface area contributed by atoms with E-state index in [0.29, 0.717) is 12.6 Å². The predicted octanol–water partition coefficient (Wildman–Crippen LogP) is 3.10. The third-order valence-corrected chi connectivity index (χ3v) is 4.99. The summed E-state index contributed by atoms with van der Waals surface area (Å²) in [5.74, 6) is 0.251. The van der Waals surface area contributed by atoms with Crippen molar-refractivity contribution >= 4 is 5.91 Å². The Balaban J connectivity index is 1.69. The number of hydrogen-bond donors (Lipinski definition) is 1. The highest BCUT2D eigenvalue weighted by Gasteiger charge is 2.17. The number of nitrogens with zero attached hydrogens (tertiary/aromatic N) is 1. The number of aromatic nitrogens is 1. The zero-order valence-corrected chi connectivity index (χ0v) is 15.5. The molecule has 0 unspecified atom stereocenters. The molecule has 0 bridgehead atoms. The Morgan fingerprint density at radius 2 is 1.96 bits per heavy atom. The van der Waals surface area contributed by atoms with Crippen molar-refractivity contribution in [1.29, 1.82) is 0 Å². The highest BCUT2D eigenvalue weighted by atomic mass is 16.5. The molecule has 0 atom stereocenters. The zero-order chi connectivity index (χ0) is 18.5. The Labute approximate surface area is 154 Å². The maximum Gasteiger partial charge on any atom is 0.240 e. The van der Waals surface area contributed by atoms with Crippen LogP contribution < -0.4 is 15.5 Å². The van der Waals surface area contributed by atoms with E-state index in [-0.39, 0.29) is 23.6 Å². The molecule has 1 amide bonds. The van der Waals surface area contributed by atoms with Gasteiger partial charge in [-0.3, -0.25) is 9.59 Å². The highest BCUT2D eigenvalue weighted by molar-refractivity contribution is 5.76. The van der Waals surface area contributed by atoms with Crippen molar-refractivity contribution in [3.8, 4) is 5.75 Å². The summed E-state index contributed by atoms with van der Waals surface area (Å²) in [5, 5.41) is 3.08. The number of nitrogens with one attached hydrogen (secondary N) is 1. The SMILES string of the molecule is Cc1ccccc1COc1cn(CC(=O)NC2CCCC2)c(C)cc1=O. The highest BCUT2D eigenvalue weighted by Crippen LogP contribution is 2.18. The van der Waals surface area contributed by atoms with Crippen LogP contribution in [0.15, 0.2) is 41.3 Å². The van der Waals surface area contributed by atoms with E-state index in [2.05, 4.69) is 5.32 Å². The topological polar surface area (TPSA) is 60.3 Å². The summed E-state index contributed by atoms with van der Waals surface area (Å²) in [6.07, 6.45) is 6.11. The molecule has 0 spiro atoms. The molecule has 2 aromatic rings. The number of ether oxygens (including phenoxy) is 1. The first-order chi connectivity index (χ1) is 12.5. The van der Waals surface area contributed by atoms with Crippen molar-refractivity contribution in [2.45, 2.75) is 58.7 Å². The normalized spacial score (nSPS) is 14.4. The molecule has 5 nitrogen and oxygen atoms in total. The number of pyridine rings is 1. The molecule has 138 valence electrons. The summed E-state index contributed by atoms with van der Waals surface area (Å²) in [6, 6.07) is 9.73. The van der Waals surface area contributed by atoms with E-state index in [9.17, 15) is 9.59 Å². The monoisotopic (exact) mass is 354 g/mol. The van der Waals surface area contributed by atoms with Gasteiger partial charge in [0.25, 0.3) is 0 Å². The third kappa shape index (κ3) is 4.54. The molecule has 0 radical (unpaired) electrons. The molecular formula is C21H26N2O3. The van der Waals surface area contributed by atoms with Gasteiger partial charge < -0.3 is 14.6 Å². The van der Waals surface area contributed by atoms with E-state index in [0.717, 1.165) is 29.7 Å². The van der Waals surface area contributed by atoms with Crippen molar-refractivity contribution in [3.63, 3.8) is 0 Å². The Bertz CT molecular complexity index is 835. The molecule has 1 heterocycles. The average Bonchev–Trinajstić information content (AvgIpc) is 3.10.